The first-order valence-corrected chi connectivity index (χ1v) is 5.83. The Morgan fingerprint density at radius 1 is 1.47 bits per heavy atom. The largest absolute Gasteiger partial charge is 0.384 e. The first kappa shape index (κ1) is 12.1. The maximum absolute atomic E-state index is 12.3. The molecule has 0 aromatic heterocycles. The molecule has 2 rings (SSSR count). The fourth-order valence-corrected chi connectivity index (χ4v) is 2.19. The van der Waals surface area contributed by atoms with Gasteiger partial charge < -0.3 is 15.4 Å². The van der Waals surface area contributed by atoms with Crippen LogP contribution >= 0.6 is 0 Å². The molecular weight excluding hydrogens is 216 g/mol. The lowest BCUT2D eigenvalue weighted by molar-refractivity contribution is -0.127. The summed E-state index contributed by atoms with van der Waals surface area (Å²) in [6.07, 6.45) is 0.819. The molecule has 1 aliphatic rings. The van der Waals surface area contributed by atoms with Gasteiger partial charge in [0, 0.05) is 19.3 Å². The van der Waals surface area contributed by atoms with E-state index in [-0.39, 0.29) is 5.91 Å². The van der Waals surface area contributed by atoms with Crippen molar-refractivity contribution in [1.82, 2.24) is 5.32 Å². The molecule has 4 heteroatoms. The van der Waals surface area contributed by atoms with Crippen LogP contribution in [0.1, 0.15) is 6.42 Å². The van der Waals surface area contributed by atoms with Gasteiger partial charge in [0.15, 0.2) is 0 Å². The molecular formula is C13H18N2O2. The Labute approximate surface area is 101 Å². The summed E-state index contributed by atoms with van der Waals surface area (Å²) in [5, 5.41) is 6.17. The van der Waals surface area contributed by atoms with E-state index in [1.165, 1.54) is 0 Å². The van der Waals surface area contributed by atoms with E-state index >= 15 is 0 Å². The molecule has 1 atom stereocenters. The third-order valence-electron chi connectivity index (χ3n) is 3.18. The minimum Gasteiger partial charge on any atom is -0.384 e. The zero-order valence-corrected chi connectivity index (χ0v) is 10.0. The molecule has 1 aliphatic heterocycles. The zero-order valence-electron chi connectivity index (χ0n) is 10.0. The van der Waals surface area contributed by atoms with Crippen LogP contribution in [0.4, 0.5) is 5.69 Å². The fourth-order valence-electron chi connectivity index (χ4n) is 2.19. The molecule has 1 amide bonds. The van der Waals surface area contributed by atoms with Crippen LogP contribution in [0.3, 0.4) is 0 Å². The lowest BCUT2D eigenvalue weighted by Crippen LogP contribution is -2.41. The van der Waals surface area contributed by atoms with Crippen LogP contribution in [-0.4, -0.2) is 32.7 Å². The molecule has 0 bridgehead atoms. The van der Waals surface area contributed by atoms with Crippen molar-refractivity contribution in [3.63, 3.8) is 0 Å². The Morgan fingerprint density at radius 3 is 2.82 bits per heavy atom. The number of rotatable bonds is 4. The lowest BCUT2D eigenvalue weighted by Gasteiger charge is -2.25. The van der Waals surface area contributed by atoms with Crippen LogP contribution < -0.4 is 10.6 Å². The van der Waals surface area contributed by atoms with Gasteiger partial charge in [0.05, 0.1) is 12.0 Å². The molecule has 1 fully saturated rings. The second kappa shape index (κ2) is 5.29. The van der Waals surface area contributed by atoms with Crippen molar-refractivity contribution in [2.24, 2.45) is 5.41 Å². The van der Waals surface area contributed by atoms with Gasteiger partial charge in [-0.25, -0.2) is 0 Å². The second-order valence-corrected chi connectivity index (χ2v) is 4.46. The Balaban J connectivity index is 2.07. The Hall–Kier alpha value is -1.39. The highest BCUT2D eigenvalue weighted by Gasteiger charge is 2.41. The number of benzene rings is 1. The van der Waals surface area contributed by atoms with E-state index in [2.05, 4.69) is 10.6 Å². The molecule has 1 aromatic carbocycles. The predicted molar refractivity (Wildman–Crippen MR) is 66.9 cm³/mol. The SMILES string of the molecule is COCC1(C(=O)Nc2ccccc2)CCNC1. The number of para-hydroxylation sites is 1. The van der Waals surface area contributed by atoms with Gasteiger partial charge in [-0.05, 0) is 25.1 Å². The molecule has 4 nitrogen and oxygen atoms in total. The third-order valence-corrected chi connectivity index (χ3v) is 3.18. The topological polar surface area (TPSA) is 50.4 Å². The van der Waals surface area contributed by atoms with Gasteiger partial charge in [0.1, 0.15) is 0 Å². The Kier molecular flexibility index (Phi) is 3.76. The Bertz CT molecular complexity index is 372. The van der Waals surface area contributed by atoms with E-state index < -0.39 is 5.41 Å². The van der Waals surface area contributed by atoms with Crippen molar-refractivity contribution in [2.45, 2.75) is 6.42 Å². The van der Waals surface area contributed by atoms with E-state index in [9.17, 15) is 4.79 Å². The van der Waals surface area contributed by atoms with Crippen LogP contribution in [0.5, 0.6) is 0 Å². The van der Waals surface area contributed by atoms with Crippen LogP contribution in [-0.2, 0) is 9.53 Å². The van der Waals surface area contributed by atoms with Crippen molar-refractivity contribution in [1.29, 1.82) is 0 Å². The monoisotopic (exact) mass is 234 g/mol. The van der Waals surface area contributed by atoms with Gasteiger partial charge in [0.25, 0.3) is 0 Å². The van der Waals surface area contributed by atoms with Gasteiger partial charge in [-0.15, -0.1) is 0 Å². The van der Waals surface area contributed by atoms with Crippen molar-refractivity contribution in [3.8, 4) is 0 Å². The molecule has 1 saturated heterocycles. The average molecular weight is 234 g/mol. The molecule has 0 saturated carbocycles. The number of nitrogens with one attached hydrogen (secondary N) is 2. The highest BCUT2D eigenvalue weighted by Crippen LogP contribution is 2.27. The van der Waals surface area contributed by atoms with Crippen molar-refractivity contribution < 1.29 is 9.53 Å². The van der Waals surface area contributed by atoms with E-state index in [0.29, 0.717) is 13.2 Å². The lowest BCUT2D eigenvalue weighted by atomic mass is 9.87. The van der Waals surface area contributed by atoms with Crippen molar-refractivity contribution in [2.75, 3.05) is 32.1 Å². The number of anilines is 1. The quantitative estimate of drug-likeness (QED) is 0.824. The van der Waals surface area contributed by atoms with E-state index in [4.69, 9.17) is 4.74 Å². The number of amides is 1. The molecule has 17 heavy (non-hydrogen) atoms. The van der Waals surface area contributed by atoms with Crippen LogP contribution in [0.15, 0.2) is 30.3 Å². The normalized spacial score (nSPS) is 23.6. The summed E-state index contributed by atoms with van der Waals surface area (Å²) in [4.78, 5) is 12.3. The maximum Gasteiger partial charge on any atom is 0.234 e. The molecule has 0 aliphatic carbocycles. The second-order valence-electron chi connectivity index (χ2n) is 4.46. The van der Waals surface area contributed by atoms with Crippen LogP contribution in [0, 0.1) is 5.41 Å². The van der Waals surface area contributed by atoms with E-state index in [1.54, 1.807) is 7.11 Å². The number of ether oxygens (including phenoxy) is 1. The van der Waals surface area contributed by atoms with Crippen molar-refractivity contribution in [3.05, 3.63) is 30.3 Å². The summed E-state index contributed by atoms with van der Waals surface area (Å²) in [5.74, 6) is 0.0375. The molecule has 1 unspecified atom stereocenters. The standard InChI is InChI=1S/C13H18N2O2/c1-17-10-13(7-8-14-9-13)12(16)15-11-5-3-2-4-6-11/h2-6,14H,7-10H2,1H3,(H,15,16). The van der Waals surface area contributed by atoms with Gasteiger partial charge in [-0.3, -0.25) is 4.79 Å². The Morgan fingerprint density at radius 2 is 2.24 bits per heavy atom. The molecule has 0 radical (unpaired) electrons. The predicted octanol–water partition coefficient (Wildman–Crippen LogP) is 1.25. The van der Waals surface area contributed by atoms with Gasteiger partial charge in [0.2, 0.25) is 5.91 Å². The zero-order chi connectivity index (χ0) is 12.1. The number of carbonyl (C=O) groups excluding carboxylic acids is 1. The minimum absolute atomic E-state index is 0.0375. The molecule has 1 aromatic rings. The summed E-state index contributed by atoms with van der Waals surface area (Å²) >= 11 is 0. The first-order valence-electron chi connectivity index (χ1n) is 5.83. The van der Waals surface area contributed by atoms with Crippen molar-refractivity contribution >= 4 is 11.6 Å². The first-order chi connectivity index (χ1) is 8.27. The number of carbonyl (C=O) groups is 1. The average Bonchev–Trinajstić information content (AvgIpc) is 2.81. The molecule has 0 spiro atoms. The van der Waals surface area contributed by atoms with Gasteiger partial charge in [-0.2, -0.15) is 0 Å². The number of methoxy groups -OCH3 is 1. The highest BCUT2D eigenvalue weighted by molar-refractivity contribution is 5.95. The third kappa shape index (κ3) is 2.65. The highest BCUT2D eigenvalue weighted by atomic mass is 16.5. The maximum atomic E-state index is 12.3. The summed E-state index contributed by atoms with van der Waals surface area (Å²) in [7, 11) is 1.63. The molecule has 2 N–H and O–H groups in total. The van der Waals surface area contributed by atoms with Gasteiger partial charge in [-0.1, -0.05) is 18.2 Å². The fraction of sp³-hybridized carbons (Fsp3) is 0.462. The van der Waals surface area contributed by atoms with Gasteiger partial charge >= 0.3 is 0 Å². The summed E-state index contributed by atoms with van der Waals surface area (Å²) in [6, 6.07) is 9.52. The minimum atomic E-state index is -0.426. The van der Waals surface area contributed by atoms with Crippen LogP contribution in [0.25, 0.3) is 0 Å². The summed E-state index contributed by atoms with van der Waals surface area (Å²) < 4.78 is 5.19. The number of hydrogen-bond acceptors (Lipinski definition) is 3. The molecule has 92 valence electrons. The smallest absolute Gasteiger partial charge is 0.234 e. The van der Waals surface area contributed by atoms with E-state index in [0.717, 1.165) is 18.7 Å². The van der Waals surface area contributed by atoms with E-state index in [1.807, 2.05) is 30.3 Å². The van der Waals surface area contributed by atoms with Crippen LogP contribution in [0.2, 0.25) is 0 Å². The number of hydrogen-bond donors (Lipinski definition) is 2. The molecule has 1 heterocycles. The summed E-state index contributed by atoms with van der Waals surface area (Å²) in [5.41, 5.74) is 0.407. The summed E-state index contributed by atoms with van der Waals surface area (Å²) in [6.45, 7) is 2.00.